The molecule has 0 saturated heterocycles. The quantitative estimate of drug-likeness (QED) is 0.848. The van der Waals surface area contributed by atoms with Gasteiger partial charge in [-0.15, -0.1) is 5.10 Å². The molecule has 0 aliphatic rings. The average Bonchev–Trinajstić information content (AvgIpc) is 2.70. The van der Waals surface area contributed by atoms with Crippen molar-refractivity contribution in [3.8, 4) is 11.3 Å². The summed E-state index contributed by atoms with van der Waals surface area (Å²) < 4.78 is 16.9. The largest absolute Gasteiger partial charge is 0.326 e. The number of aryl methyl sites for hydroxylation is 1. The highest BCUT2D eigenvalue weighted by Gasteiger charge is 2.09. The van der Waals surface area contributed by atoms with Crippen molar-refractivity contribution in [3.05, 3.63) is 34.5 Å². The molecule has 1 heterocycles. The summed E-state index contributed by atoms with van der Waals surface area (Å²) in [5, 5.41) is 3.99. The van der Waals surface area contributed by atoms with Gasteiger partial charge in [0.2, 0.25) is 0 Å². The number of hydrogen-bond acceptors (Lipinski definition) is 4. The summed E-state index contributed by atoms with van der Waals surface area (Å²) in [6, 6.07) is 4.88. The van der Waals surface area contributed by atoms with Gasteiger partial charge in [-0.1, -0.05) is 4.49 Å². The molecule has 0 atom stereocenters. The van der Waals surface area contributed by atoms with Crippen LogP contribution >= 0.6 is 11.5 Å². The average molecular weight is 223 g/mol. The number of aromatic nitrogens is 2. The van der Waals surface area contributed by atoms with Crippen molar-refractivity contribution < 1.29 is 4.39 Å². The Hall–Kier alpha value is -1.33. The van der Waals surface area contributed by atoms with E-state index in [1.165, 1.54) is 17.6 Å². The summed E-state index contributed by atoms with van der Waals surface area (Å²) in [5.41, 5.74) is 7.78. The standard InChI is InChI=1S/C10H10FN3S/c1-6-4-7(2-3-8(6)11)10-9(5-12)15-14-13-10/h2-4H,5,12H2,1H3. The van der Waals surface area contributed by atoms with Crippen molar-refractivity contribution >= 4 is 11.5 Å². The first-order valence-electron chi connectivity index (χ1n) is 4.50. The highest BCUT2D eigenvalue weighted by atomic mass is 32.1. The van der Waals surface area contributed by atoms with Crippen LogP contribution in [0.1, 0.15) is 10.4 Å². The number of rotatable bonds is 2. The van der Waals surface area contributed by atoms with Gasteiger partial charge < -0.3 is 5.73 Å². The van der Waals surface area contributed by atoms with E-state index in [-0.39, 0.29) is 5.82 Å². The van der Waals surface area contributed by atoms with E-state index < -0.39 is 0 Å². The summed E-state index contributed by atoms with van der Waals surface area (Å²) in [7, 11) is 0. The summed E-state index contributed by atoms with van der Waals surface area (Å²) in [6.07, 6.45) is 0. The molecule has 2 N–H and O–H groups in total. The van der Waals surface area contributed by atoms with Crippen molar-refractivity contribution in [3.63, 3.8) is 0 Å². The number of nitrogens with two attached hydrogens (primary N) is 1. The fourth-order valence-electron chi connectivity index (χ4n) is 1.35. The van der Waals surface area contributed by atoms with Crippen LogP contribution in [0.5, 0.6) is 0 Å². The molecule has 0 saturated carbocycles. The molecule has 1 aromatic heterocycles. The molecule has 0 unspecified atom stereocenters. The highest BCUT2D eigenvalue weighted by Crippen LogP contribution is 2.24. The Morgan fingerprint density at radius 3 is 2.93 bits per heavy atom. The first kappa shape index (κ1) is 10.2. The maximum absolute atomic E-state index is 13.1. The molecule has 0 bridgehead atoms. The zero-order valence-corrected chi connectivity index (χ0v) is 9.01. The van der Waals surface area contributed by atoms with Crippen LogP contribution in [-0.4, -0.2) is 9.59 Å². The normalized spacial score (nSPS) is 10.6. The molecule has 0 amide bonds. The molecule has 3 nitrogen and oxygen atoms in total. The second-order valence-corrected chi connectivity index (χ2v) is 4.05. The summed E-state index contributed by atoms with van der Waals surface area (Å²) in [6.45, 7) is 2.13. The molecule has 78 valence electrons. The third kappa shape index (κ3) is 1.88. The maximum atomic E-state index is 13.1. The van der Waals surface area contributed by atoms with Gasteiger partial charge in [-0.2, -0.15) is 0 Å². The second-order valence-electron chi connectivity index (χ2n) is 3.21. The zero-order valence-electron chi connectivity index (χ0n) is 8.20. The van der Waals surface area contributed by atoms with Crippen molar-refractivity contribution in [2.24, 2.45) is 5.73 Å². The molecule has 0 spiro atoms. The monoisotopic (exact) mass is 223 g/mol. The van der Waals surface area contributed by atoms with Crippen LogP contribution < -0.4 is 5.73 Å². The van der Waals surface area contributed by atoms with E-state index in [2.05, 4.69) is 9.59 Å². The maximum Gasteiger partial charge on any atom is 0.126 e. The van der Waals surface area contributed by atoms with Gasteiger partial charge in [0.25, 0.3) is 0 Å². The predicted octanol–water partition coefficient (Wildman–Crippen LogP) is 2.11. The molecule has 0 aliphatic heterocycles. The minimum Gasteiger partial charge on any atom is -0.326 e. The van der Waals surface area contributed by atoms with Crippen LogP contribution in [-0.2, 0) is 6.54 Å². The predicted molar refractivity (Wildman–Crippen MR) is 57.9 cm³/mol. The third-order valence-corrected chi connectivity index (χ3v) is 2.92. The van der Waals surface area contributed by atoms with Gasteiger partial charge in [0, 0.05) is 12.1 Å². The number of halogens is 1. The van der Waals surface area contributed by atoms with Crippen molar-refractivity contribution in [2.75, 3.05) is 0 Å². The Morgan fingerprint density at radius 2 is 2.27 bits per heavy atom. The zero-order chi connectivity index (χ0) is 10.8. The highest BCUT2D eigenvalue weighted by molar-refractivity contribution is 7.05. The molecule has 0 radical (unpaired) electrons. The number of hydrogen-bond donors (Lipinski definition) is 1. The topological polar surface area (TPSA) is 51.8 Å². The molecule has 0 fully saturated rings. The molecule has 2 rings (SSSR count). The Labute approximate surface area is 90.9 Å². The molecular formula is C10H10FN3S. The minimum absolute atomic E-state index is 0.212. The lowest BCUT2D eigenvalue weighted by molar-refractivity contribution is 0.618. The van der Waals surface area contributed by atoms with Gasteiger partial charge >= 0.3 is 0 Å². The van der Waals surface area contributed by atoms with Crippen LogP contribution in [0.3, 0.4) is 0 Å². The lowest BCUT2D eigenvalue weighted by Crippen LogP contribution is -1.96. The SMILES string of the molecule is Cc1cc(-c2nnsc2CN)ccc1F. The van der Waals surface area contributed by atoms with Crippen LogP contribution in [0, 0.1) is 12.7 Å². The summed E-state index contributed by atoms with van der Waals surface area (Å²) in [5.74, 6) is -0.212. The molecule has 5 heteroatoms. The molecule has 0 aliphatic carbocycles. The van der Waals surface area contributed by atoms with E-state index in [0.29, 0.717) is 12.1 Å². The van der Waals surface area contributed by atoms with E-state index in [1.807, 2.05) is 0 Å². The first-order chi connectivity index (χ1) is 7.22. The van der Waals surface area contributed by atoms with Gasteiger partial charge in [-0.05, 0) is 42.2 Å². The summed E-state index contributed by atoms with van der Waals surface area (Å²) >= 11 is 1.27. The van der Waals surface area contributed by atoms with E-state index in [4.69, 9.17) is 5.73 Å². The van der Waals surface area contributed by atoms with E-state index >= 15 is 0 Å². The number of benzene rings is 1. The third-order valence-electron chi connectivity index (χ3n) is 2.17. The van der Waals surface area contributed by atoms with E-state index in [1.54, 1.807) is 19.1 Å². The smallest absolute Gasteiger partial charge is 0.126 e. The van der Waals surface area contributed by atoms with Crippen LogP contribution in [0.15, 0.2) is 18.2 Å². The van der Waals surface area contributed by atoms with Crippen molar-refractivity contribution in [2.45, 2.75) is 13.5 Å². The minimum atomic E-state index is -0.212. The van der Waals surface area contributed by atoms with Gasteiger partial charge in [0.1, 0.15) is 11.5 Å². The fourth-order valence-corrected chi connectivity index (χ4v) is 1.89. The van der Waals surface area contributed by atoms with Crippen molar-refractivity contribution in [1.29, 1.82) is 0 Å². The lowest BCUT2D eigenvalue weighted by atomic mass is 10.1. The molecule has 15 heavy (non-hydrogen) atoms. The first-order valence-corrected chi connectivity index (χ1v) is 5.27. The molecule has 1 aromatic carbocycles. The molecule has 2 aromatic rings. The van der Waals surface area contributed by atoms with E-state index in [0.717, 1.165) is 16.1 Å². The second kappa shape index (κ2) is 4.04. The number of nitrogens with zero attached hydrogens (tertiary/aromatic N) is 2. The van der Waals surface area contributed by atoms with Gasteiger partial charge in [0.15, 0.2) is 0 Å². The lowest BCUT2D eigenvalue weighted by Gasteiger charge is -2.01. The van der Waals surface area contributed by atoms with Crippen LogP contribution in [0.2, 0.25) is 0 Å². The van der Waals surface area contributed by atoms with Crippen LogP contribution in [0.4, 0.5) is 4.39 Å². The van der Waals surface area contributed by atoms with E-state index in [9.17, 15) is 4.39 Å². The Balaban J connectivity index is 2.50. The van der Waals surface area contributed by atoms with Crippen molar-refractivity contribution in [1.82, 2.24) is 9.59 Å². The van der Waals surface area contributed by atoms with Gasteiger partial charge in [0.05, 0.1) is 4.88 Å². The van der Waals surface area contributed by atoms with Crippen LogP contribution in [0.25, 0.3) is 11.3 Å². The molecular weight excluding hydrogens is 213 g/mol. The Bertz CT molecular complexity index is 481. The Kier molecular flexibility index (Phi) is 2.75. The summed E-state index contributed by atoms with van der Waals surface area (Å²) in [4.78, 5) is 0.918. The van der Waals surface area contributed by atoms with Gasteiger partial charge in [-0.25, -0.2) is 4.39 Å². The Morgan fingerprint density at radius 1 is 1.47 bits per heavy atom. The fraction of sp³-hybridized carbons (Fsp3) is 0.200. The van der Waals surface area contributed by atoms with Gasteiger partial charge in [-0.3, -0.25) is 0 Å².